The van der Waals surface area contributed by atoms with E-state index >= 15 is 0 Å². The number of hydrogen-bond acceptors (Lipinski definition) is 5. The third-order valence-electron chi connectivity index (χ3n) is 2.62. The van der Waals surface area contributed by atoms with Crippen molar-refractivity contribution in [3.05, 3.63) is 22.1 Å². The van der Waals surface area contributed by atoms with Crippen molar-refractivity contribution in [1.29, 1.82) is 0 Å². The summed E-state index contributed by atoms with van der Waals surface area (Å²) in [5.74, 6) is 0.680. The quantitative estimate of drug-likeness (QED) is 0.628. The minimum absolute atomic E-state index is 0.638. The molecule has 2 aromatic rings. The summed E-state index contributed by atoms with van der Waals surface area (Å²) in [7, 11) is 0. The molecule has 0 atom stereocenters. The van der Waals surface area contributed by atoms with Crippen LogP contribution in [-0.2, 0) is 13.0 Å². The normalized spacial score (nSPS) is 14.8. The van der Waals surface area contributed by atoms with Crippen molar-refractivity contribution >= 4 is 12.2 Å². The fourth-order valence-corrected chi connectivity index (χ4v) is 2.09. The molecular formula is C9H10N6S. The average Bonchev–Trinajstić information content (AvgIpc) is 2.82. The van der Waals surface area contributed by atoms with Crippen LogP contribution in [0.4, 0.5) is 0 Å². The molecule has 16 heavy (non-hydrogen) atoms. The molecule has 0 unspecified atom stereocenters. The third kappa shape index (κ3) is 1.54. The monoisotopic (exact) mass is 234 g/mol. The van der Waals surface area contributed by atoms with E-state index in [0.717, 1.165) is 30.8 Å². The number of aromatic amines is 2. The first-order valence-corrected chi connectivity index (χ1v) is 5.44. The Hall–Kier alpha value is -1.60. The van der Waals surface area contributed by atoms with E-state index in [-0.39, 0.29) is 0 Å². The topological polar surface area (TPSA) is 82.3 Å². The Labute approximate surface area is 96.5 Å². The van der Waals surface area contributed by atoms with Gasteiger partial charge >= 0.3 is 0 Å². The minimum Gasteiger partial charge on any atom is -0.341 e. The van der Waals surface area contributed by atoms with Gasteiger partial charge in [-0.05, 0) is 0 Å². The van der Waals surface area contributed by atoms with Crippen molar-refractivity contribution in [3.63, 3.8) is 0 Å². The first-order valence-electron chi connectivity index (χ1n) is 5.03. The number of nitrogens with zero attached hydrogens (tertiary/aromatic N) is 3. The highest BCUT2D eigenvalue weighted by molar-refractivity contribution is 7.71. The van der Waals surface area contributed by atoms with Crippen LogP contribution in [0.5, 0.6) is 0 Å². The second-order valence-electron chi connectivity index (χ2n) is 3.63. The van der Waals surface area contributed by atoms with Gasteiger partial charge in [0.05, 0.1) is 6.20 Å². The first-order chi connectivity index (χ1) is 7.84. The van der Waals surface area contributed by atoms with Crippen LogP contribution in [0.15, 0.2) is 6.20 Å². The smallest absolute Gasteiger partial charge is 0.161 e. The molecule has 1 aliphatic heterocycles. The van der Waals surface area contributed by atoms with E-state index in [1.54, 1.807) is 6.20 Å². The van der Waals surface area contributed by atoms with Gasteiger partial charge in [-0.25, -0.2) is 4.98 Å². The summed E-state index contributed by atoms with van der Waals surface area (Å²) in [6, 6.07) is 0. The molecule has 1 aliphatic rings. The van der Waals surface area contributed by atoms with Crippen LogP contribution in [0.2, 0.25) is 0 Å². The number of rotatable bonds is 1. The molecule has 2 aromatic heterocycles. The van der Waals surface area contributed by atoms with E-state index < -0.39 is 0 Å². The highest BCUT2D eigenvalue weighted by atomic mass is 32.1. The van der Waals surface area contributed by atoms with E-state index in [0.29, 0.717) is 16.2 Å². The van der Waals surface area contributed by atoms with Gasteiger partial charge in [-0.3, -0.25) is 0 Å². The molecular weight excluding hydrogens is 224 g/mol. The van der Waals surface area contributed by atoms with Crippen molar-refractivity contribution < 1.29 is 0 Å². The molecule has 3 heterocycles. The minimum atomic E-state index is 0.638. The highest BCUT2D eigenvalue weighted by Gasteiger charge is 2.14. The van der Waals surface area contributed by atoms with Crippen LogP contribution in [0.3, 0.4) is 0 Å². The Morgan fingerprint density at radius 1 is 1.38 bits per heavy atom. The Morgan fingerprint density at radius 2 is 2.31 bits per heavy atom. The van der Waals surface area contributed by atoms with Crippen LogP contribution >= 0.6 is 12.2 Å². The maximum Gasteiger partial charge on any atom is 0.161 e. The summed E-state index contributed by atoms with van der Waals surface area (Å²) in [6.45, 7) is 1.75. The van der Waals surface area contributed by atoms with Crippen molar-refractivity contribution in [1.82, 2.24) is 30.7 Å². The number of fused-ring (bicyclic) bond motifs is 1. The molecule has 6 nitrogen and oxygen atoms in total. The summed E-state index contributed by atoms with van der Waals surface area (Å²) in [5.41, 5.74) is 2.93. The number of hydrogen-bond donors (Lipinski definition) is 3. The fourth-order valence-electron chi connectivity index (χ4n) is 1.80. The predicted octanol–water partition coefficient (Wildman–Crippen LogP) is 0.570. The summed E-state index contributed by atoms with van der Waals surface area (Å²) in [5, 5.41) is 13.6. The molecule has 3 rings (SSSR count). The lowest BCUT2D eigenvalue weighted by atomic mass is 10.1. The summed E-state index contributed by atoms with van der Waals surface area (Å²) >= 11 is 5.27. The number of aromatic nitrogens is 5. The molecule has 0 saturated heterocycles. The number of H-pyrrole nitrogens is 2. The SMILES string of the molecule is S=c1nc(-c2cn[nH]n2)[nH]c2c1CNCC2. The zero-order valence-corrected chi connectivity index (χ0v) is 9.27. The maximum atomic E-state index is 5.27. The molecule has 0 fully saturated rings. The summed E-state index contributed by atoms with van der Waals surface area (Å²) < 4.78 is 0.638. The van der Waals surface area contributed by atoms with E-state index in [1.165, 1.54) is 0 Å². The maximum absolute atomic E-state index is 5.27. The van der Waals surface area contributed by atoms with Crippen molar-refractivity contribution in [3.8, 4) is 11.5 Å². The van der Waals surface area contributed by atoms with Crippen molar-refractivity contribution in [2.24, 2.45) is 0 Å². The zero-order valence-electron chi connectivity index (χ0n) is 8.45. The molecule has 82 valence electrons. The standard InChI is InChI=1S/C9H10N6S/c16-9-5-3-10-2-1-6(5)12-8(13-9)7-4-11-15-14-7/h4,10H,1-3H2,(H,11,14,15)(H,12,13,16). The van der Waals surface area contributed by atoms with Crippen molar-refractivity contribution in [2.75, 3.05) is 6.54 Å². The van der Waals surface area contributed by atoms with Crippen LogP contribution in [0.1, 0.15) is 11.3 Å². The number of nitrogens with one attached hydrogen (secondary N) is 3. The highest BCUT2D eigenvalue weighted by Crippen LogP contribution is 2.16. The Kier molecular flexibility index (Phi) is 2.26. The lowest BCUT2D eigenvalue weighted by Gasteiger charge is -2.16. The molecule has 0 spiro atoms. The van der Waals surface area contributed by atoms with Gasteiger partial charge in [-0.1, -0.05) is 12.2 Å². The van der Waals surface area contributed by atoms with Gasteiger partial charge in [0.15, 0.2) is 5.82 Å². The Morgan fingerprint density at radius 3 is 3.12 bits per heavy atom. The summed E-state index contributed by atoms with van der Waals surface area (Å²) in [6.07, 6.45) is 2.56. The third-order valence-corrected chi connectivity index (χ3v) is 2.95. The van der Waals surface area contributed by atoms with E-state index in [1.807, 2.05) is 0 Å². The molecule has 0 aliphatic carbocycles. The molecule has 0 saturated carbocycles. The van der Waals surface area contributed by atoms with Crippen LogP contribution < -0.4 is 5.32 Å². The fraction of sp³-hybridized carbons (Fsp3) is 0.333. The van der Waals surface area contributed by atoms with E-state index in [4.69, 9.17) is 12.2 Å². The second kappa shape index (κ2) is 3.76. The molecule has 3 N–H and O–H groups in total. The molecule has 0 amide bonds. The Balaban J connectivity index is 2.16. The van der Waals surface area contributed by atoms with Crippen LogP contribution in [0, 0.1) is 4.64 Å². The van der Waals surface area contributed by atoms with Gasteiger partial charge in [0.2, 0.25) is 0 Å². The zero-order chi connectivity index (χ0) is 11.0. The van der Waals surface area contributed by atoms with Gasteiger partial charge < -0.3 is 10.3 Å². The first kappa shape index (κ1) is 9.61. The van der Waals surface area contributed by atoms with Gasteiger partial charge in [-0.15, -0.1) is 0 Å². The lowest BCUT2D eigenvalue weighted by Crippen LogP contribution is -2.25. The second-order valence-corrected chi connectivity index (χ2v) is 4.02. The molecule has 0 aromatic carbocycles. The summed E-state index contributed by atoms with van der Waals surface area (Å²) in [4.78, 5) is 7.59. The Bertz CT molecular complexity index is 558. The van der Waals surface area contributed by atoms with Gasteiger partial charge in [0, 0.05) is 30.8 Å². The van der Waals surface area contributed by atoms with Gasteiger partial charge in [0.25, 0.3) is 0 Å². The molecule has 0 bridgehead atoms. The lowest BCUT2D eigenvalue weighted by molar-refractivity contribution is 0.624. The van der Waals surface area contributed by atoms with Crippen molar-refractivity contribution in [2.45, 2.75) is 13.0 Å². The largest absolute Gasteiger partial charge is 0.341 e. The predicted molar refractivity (Wildman–Crippen MR) is 60.2 cm³/mol. The average molecular weight is 234 g/mol. The van der Waals surface area contributed by atoms with Crippen LogP contribution in [0.25, 0.3) is 11.5 Å². The van der Waals surface area contributed by atoms with E-state index in [9.17, 15) is 0 Å². The van der Waals surface area contributed by atoms with Gasteiger partial charge in [-0.2, -0.15) is 15.4 Å². The molecule has 7 heteroatoms. The van der Waals surface area contributed by atoms with E-state index in [2.05, 4.69) is 30.7 Å². The van der Waals surface area contributed by atoms with Gasteiger partial charge in [0.1, 0.15) is 10.3 Å². The molecule has 0 radical (unpaired) electrons. The van der Waals surface area contributed by atoms with Crippen LogP contribution in [-0.4, -0.2) is 31.9 Å².